The van der Waals surface area contributed by atoms with Crippen LogP contribution in [-0.4, -0.2) is 46.4 Å². The number of aliphatic carboxylic acids is 1. The van der Waals surface area contributed by atoms with Gasteiger partial charge in [0.15, 0.2) is 0 Å². The highest BCUT2D eigenvalue weighted by molar-refractivity contribution is 7.89. The summed E-state index contributed by atoms with van der Waals surface area (Å²) < 4.78 is 50.8. The Bertz CT molecular complexity index is 677. The van der Waals surface area contributed by atoms with Crippen LogP contribution >= 0.6 is 0 Å². The second-order valence-electron chi connectivity index (χ2n) is 5.95. The van der Waals surface area contributed by atoms with Crippen molar-refractivity contribution in [2.24, 2.45) is 11.8 Å². The fourth-order valence-electron chi connectivity index (χ4n) is 2.17. The molecule has 0 saturated heterocycles. The second-order valence-corrected chi connectivity index (χ2v) is 7.68. The summed E-state index contributed by atoms with van der Waals surface area (Å²) in [5.74, 6) is -2.64. The molecular formula is C16H24FNO6S. The quantitative estimate of drug-likeness (QED) is 0.571. The van der Waals surface area contributed by atoms with Crippen molar-refractivity contribution in [3.63, 3.8) is 0 Å². The largest absolute Gasteiger partial charge is 0.490 e. The number of sulfonamides is 1. The fourth-order valence-corrected chi connectivity index (χ4v) is 3.41. The molecule has 25 heavy (non-hydrogen) atoms. The number of carboxylic acid groups (broad SMARTS) is 1. The third-order valence-corrected chi connectivity index (χ3v) is 4.81. The lowest BCUT2D eigenvalue weighted by Gasteiger charge is -2.17. The van der Waals surface area contributed by atoms with E-state index in [1.807, 2.05) is 13.8 Å². The van der Waals surface area contributed by atoms with E-state index in [2.05, 4.69) is 4.72 Å². The minimum absolute atomic E-state index is 0.0262. The molecule has 9 heteroatoms. The Labute approximate surface area is 147 Å². The van der Waals surface area contributed by atoms with Crippen LogP contribution in [0.5, 0.6) is 5.75 Å². The number of halogens is 1. The number of rotatable bonds is 11. The number of hydrogen-bond donors (Lipinski definition) is 2. The summed E-state index contributed by atoms with van der Waals surface area (Å²) >= 11 is 0. The van der Waals surface area contributed by atoms with Gasteiger partial charge in [-0.25, -0.2) is 17.5 Å². The molecule has 0 saturated carbocycles. The second kappa shape index (κ2) is 9.69. The van der Waals surface area contributed by atoms with Crippen molar-refractivity contribution in [2.45, 2.75) is 25.2 Å². The summed E-state index contributed by atoms with van der Waals surface area (Å²) in [6.45, 7) is 3.73. The third-order valence-electron chi connectivity index (χ3n) is 3.37. The average Bonchev–Trinajstić information content (AvgIpc) is 2.52. The van der Waals surface area contributed by atoms with Gasteiger partial charge in [-0.1, -0.05) is 13.8 Å². The Balaban J connectivity index is 2.96. The molecule has 0 heterocycles. The first kappa shape index (κ1) is 21.3. The monoisotopic (exact) mass is 377 g/mol. The van der Waals surface area contributed by atoms with Gasteiger partial charge in [0.1, 0.15) is 23.1 Å². The Kier molecular flexibility index (Phi) is 8.27. The minimum Gasteiger partial charge on any atom is -0.490 e. The van der Waals surface area contributed by atoms with Crippen LogP contribution < -0.4 is 9.46 Å². The highest BCUT2D eigenvalue weighted by Gasteiger charge is 2.25. The van der Waals surface area contributed by atoms with E-state index in [9.17, 15) is 22.7 Å². The molecule has 1 atom stereocenters. The van der Waals surface area contributed by atoms with Crippen molar-refractivity contribution in [3.05, 3.63) is 24.0 Å². The smallest absolute Gasteiger partial charge is 0.307 e. The maximum Gasteiger partial charge on any atom is 0.307 e. The van der Waals surface area contributed by atoms with E-state index in [1.165, 1.54) is 13.2 Å². The molecule has 1 aromatic carbocycles. The maximum atomic E-state index is 13.5. The molecule has 1 aromatic rings. The average molecular weight is 377 g/mol. The number of carboxylic acids is 1. The molecule has 0 aliphatic heterocycles. The van der Waals surface area contributed by atoms with E-state index in [0.717, 1.165) is 12.1 Å². The van der Waals surface area contributed by atoms with Crippen molar-refractivity contribution in [3.8, 4) is 5.75 Å². The van der Waals surface area contributed by atoms with Crippen molar-refractivity contribution < 1.29 is 32.2 Å². The predicted molar refractivity (Wildman–Crippen MR) is 89.5 cm³/mol. The Morgan fingerprint density at radius 3 is 2.56 bits per heavy atom. The van der Waals surface area contributed by atoms with Gasteiger partial charge >= 0.3 is 5.97 Å². The molecule has 0 fully saturated rings. The van der Waals surface area contributed by atoms with Crippen molar-refractivity contribution >= 4 is 16.0 Å². The molecule has 1 rings (SSSR count). The van der Waals surface area contributed by atoms with Crippen molar-refractivity contribution in [1.29, 1.82) is 0 Å². The molecule has 0 bridgehead atoms. The van der Waals surface area contributed by atoms with Gasteiger partial charge in [0.2, 0.25) is 10.0 Å². The molecule has 7 nitrogen and oxygen atoms in total. The van der Waals surface area contributed by atoms with Crippen LogP contribution in [0.4, 0.5) is 4.39 Å². The van der Waals surface area contributed by atoms with Gasteiger partial charge in [-0.05, 0) is 30.5 Å². The summed E-state index contributed by atoms with van der Waals surface area (Å²) in [5, 5.41) is 9.20. The Hall–Kier alpha value is -1.71. The molecule has 1 unspecified atom stereocenters. The number of carbonyl (C=O) groups is 1. The molecule has 0 radical (unpaired) electrons. The van der Waals surface area contributed by atoms with E-state index in [1.54, 1.807) is 0 Å². The van der Waals surface area contributed by atoms with E-state index < -0.39 is 27.7 Å². The number of ether oxygens (including phenoxy) is 2. The summed E-state index contributed by atoms with van der Waals surface area (Å²) in [6, 6.07) is 3.13. The number of nitrogens with one attached hydrogen (secondary N) is 1. The van der Waals surface area contributed by atoms with Gasteiger partial charge < -0.3 is 14.6 Å². The summed E-state index contributed by atoms with van der Waals surface area (Å²) in [7, 11) is -2.67. The molecule has 0 aliphatic rings. The van der Waals surface area contributed by atoms with Crippen molar-refractivity contribution in [2.75, 3.05) is 26.9 Å². The highest BCUT2D eigenvalue weighted by Crippen LogP contribution is 2.25. The van der Waals surface area contributed by atoms with E-state index >= 15 is 0 Å². The normalized spacial score (nSPS) is 13.0. The molecule has 2 N–H and O–H groups in total. The third kappa shape index (κ3) is 6.97. The lowest BCUT2D eigenvalue weighted by molar-refractivity contribution is -0.142. The zero-order valence-electron chi connectivity index (χ0n) is 14.5. The van der Waals surface area contributed by atoms with E-state index in [-0.39, 0.29) is 36.3 Å². The summed E-state index contributed by atoms with van der Waals surface area (Å²) in [4.78, 5) is 10.9. The SMILES string of the molecule is COCCOc1ccc(F)cc1S(=O)(=O)NCC(CC(C)C)C(=O)O. The molecule has 0 aliphatic carbocycles. The molecule has 0 aromatic heterocycles. The lowest BCUT2D eigenvalue weighted by Crippen LogP contribution is -2.34. The highest BCUT2D eigenvalue weighted by atomic mass is 32.2. The zero-order valence-corrected chi connectivity index (χ0v) is 15.3. The number of hydrogen-bond acceptors (Lipinski definition) is 5. The van der Waals surface area contributed by atoms with Crippen molar-refractivity contribution in [1.82, 2.24) is 4.72 Å². The first-order valence-corrected chi connectivity index (χ1v) is 9.29. The number of benzene rings is 1. The van der Waals surface area contributed by atoms with Gasteiger partial charge in [0.25, 0.3) is 0 Å². The van der Waals surface area contributed by atoms with Gasteiger partial charge in [-0.15, -0.1) is 0 Å². The summed E-state index contributed by atoms with van der Waals surface area (Å²) in [5.41, 5.74) is 0. The predicted octanol–water partition coefficient (Wildman–Crippen LogP) is 1.88. The van der Waals surface area contributed by atoms with Crippen LogP contribution in [-0.2, 0) is 19.6 Å². The molecular weight excluding hydrogens is 353 g/mol. The summed E-state index contributed by atoms with van der Waals surface area (Å²) in [6.07, 6.45) is 0.318. The Morgan fingerprint density at radius 1 is 1.32 bits per heavy atom. The van der Waals surface area contributed by atoms with Crippen LogP contribution in [0.25, 0.3) is 0 Å². The zero-order chi connectivity index (χ0) is 19.0. The van der Waals surface area contributed by atoms with Crippen LogP contribution in [0.2, 0.25) is 0 Å². The van der Waals surface area contributed by atoms with Gasteiger partial charge in [-0.2, -0.15) is 0 Å². The lowest BCUT2D eigenvalue weighted by atomic mass is 9.98. The van der Waals surface area contributed by atoms with Gasteiger partial charge in [0.05, 0.1) is 12.5 Å². The molecule has 0 spiro atoms. The van der Waals surface area contributed by atoms with Gasteiger partial charge in [0, 0.05) is 13.7 Å². The minimum atomic E-state index is -4.13. The standard InChI is InChI=1S/C16H24FNO6S/c1-11(2)8-12(16(19)20)10-18-25(21,22)15-9-13(17)4-5-14(15)24-7-6-23-3/h4-5,9,11-12,18H,6-8,10H2,1-3H3,(H,19,20). The van der Waals surface area contributed by atoms with Crippen LogP contribution in [0.3, 0.4) is 0 Å². The topological polar surface area (TPSA) is 102 Å². The van der Waals surface area contributed by atoms with Crippen LogP contribution in [0.15, 0.2) is 23.1 Å². The number of methoxy groups -OCH3 is 1. The van der Waals surface area contributed by atoms with Crippen LogP contribution in [0, 0.1) is 17.7 Å². The van der Waals surface area contributed by atoms with E-state index in [4.69, 9.17) is 9.47 Å². The Morgan fingerprint density at radius 2 is 2.00 bits per heavy atom. The molecule has 0 amide bonds. The fraction of sp³-hybridized carbons (Fsp3) is 0.562. The maximum absolute atomic E-state index is 13.5. The first-order valence-electron chi connectivity index (χ1n) is 7.81. The van der Waals surface area contributed by atoms with E-state index in [0.29, 0.717) is 6.42 Å². The first-order chi connectivity index (χ1) is 11.7. The van der Waals surface area contributed by atoms with Gasteiger partial charge in [-0.3, -0.25) is 4.79 Å². The molecule has 142 valence electrons. The van der Waals surface area contributed by atoms with Crippen LogP contribution in [0.1, 0.15) is 20.3 Å².